The molecule has 0 aromatic heterocycles. The predicted molar refractivity (Wildman–Crippen MR) is 53.1 cm³/mol. The van der Waals surface area contributed by atoms with Crippen LogP contribution in [0.1, 0.15) is 39.5 Å². The van der Waals surface area contributed by atoms with E-state index in [2.05, 4.69) is 19.1 Å². The number of hydrogen-bond donors (Lipinski definition) is 0. The molecule has 0 spiro atoms. The van der Waals surface area contributed by atoms with Crippen molar-refractivity contribution in [2.75, 3.05) is 0 Å². The first-order chi connectivity index (χ1) is 5.81. The van der Waals surface area contributed by atoms with Crippen LogP contribution in [0.25, 0.3) is 0 Å². The van der Waals surface area contributed by atoms with Crippen LogP contribution in [0.3, 0.4) is 0 Å². The first-order valence-corrected chi connectivity index (χ1v) is 4.58. The summed E-state index contributed by atoms with van der Waals surface area (Å²) in [5.74, 6) is 0. The zero-order chi connectivity index (χ0) is 9.23. The van der Waals surface area contributed by atoms with Crippen LogP contribution in [0.4, 0.5) is 0 Å². The van der Waals surface area contributed by atoms with Crippen molar-refractivity contribution < 1.29 is 4.79 Å². The van der Waals surface area contributed by atoms with E-state index in [0.29, 0.717) is 0 Å². The summed E-state index contributed by atoms with van der Waals surface area (Å²) in [6, 6.07) is 0. The molecule has 0 amide bonds. The minimum Gasteiger partial charge on any atom is -0.298 e. The van der Waals surface area contributed by atoms with Gasteiger partial charge in [0.2, 0.25) is 0 Å². The summed E-state index contributed by atoms with van der Waals surface area (Å²) in [5.41, 5.74) is 0.832. The Morgan fingerprint density at radius 3 is 2.42 bits per heavy atom. The van der Waals surface area contributed by atoms with Crippen molar-refractivity contribution in [3.8, 4) is 0 Å². The average Bonchev–Trinajstić information content (AvgIpc) is 2.10. The zero-order valence-electron chi connectivity index (χ0n) is 8.05. The van der Waals surface area contributed by atoms with Crippen LogP contribution in [0, 0.1) is 0 Å². The van der Waals surface area contributed by atoms with Gasteiger partial charge < -0.3 is 0 Å². The van der Waals surface area contributed by atoms with E-state index in [9.17, 15) is 4.79 Å². The highest BCUT2D eigenvalue weighted by Gasteiger charge is 1.82. The van der Waals surface area contributed by atoms with Crippen LogP contribution in [-0.2, 0) is 4.79 Å². The third-order valence-electron chi connectivity index (χ3n) is 1.61. The maximum absolute atomic E-state index is 10.2. The van der Waals surface area contributed by atoms with E-state index in [1.807, 2.05) is 13.0 Å². The van der Waals surface area contributed by atoms with Gasteiger partial charge in [-0.15, -0.1) is 0 Å². The van der Waals surface area contributed by atoms with Crippen LogP contribution < -0.4 is 0 Å². The second kappa shape index (κ2) is 8.25. The monoisotopic (exact) mass is 166 g/mol. The van der Waals surface area contributed by atoms with Crippen LogP contribution in [0.15, 0.2) is 23.8 Å². The standard InChI is InChI=1S/C11H18O/c1-3-4-5-6-7-8-9-11(2)10-12/h5-6,9-10H,3-4,7-8H2,1-2H3. The van der Waals surface area contributed by atoms with Crippen molar-refractivity contribution in [2.24, 2.45) is 0 Å². The van der Waals surface area contributed by atoms with E-state index < -0.39 is 0 Å². The summed E-state index contributed by atoms with van der Waals surface area (Å²) in [6.07, 6.45) is 11.6. The largest absolute Gasteiger partial charge is 0.298 e. The third-order valence-corrected chi connectivity index (χ3v) is 1.61. The topological polar surface area (TPSA) is 17.1 Å². The molecule has 0 N–H and O–H groups in total. The van der Waals surface area contributed by atoms with Crippen LogP contribution in [-0.4, -0.2) is 6.29 Å². The van der Waals surface area contributed by atoms with Crippen LogP contribution >= 0.6 is 0 Å². The van der Waals surface area contributed by atoms with Crippen molar-refractivity contribution in [3.63, 3.8) is 0 Å². The van der Waals surface area contributed by atoms with Gasteiger partial charge in [-0.3, -0.25) is 4.79 Å². The minimum absolute atomic E-state index is 0.832. The summed E-state index contributed by atoms with van der Waals surface area (Å²) >= 11 is 0. The number of rotatable bonds is 6. The second-order valence-electron chi connectivity index (χ2n) is 2.90. The van der Waals surface area contributed by atoms with Gasteiger partial charge in [0.1, 0.15) is 6.29 Å². The molecule has 0 atom stereocenters. The van der Waals surface area contributed by atoms with E-state index in [0.717, 1.165) is 31.1 Å². The van der Waals surface area contributed by atoms with E-state index in [1.54, 1.807) is 0 Å². The van der Waals surface area contributed by atoms with E-state index >= 15 is 0 Å². The van der Waals surface area contributed by atoms with Gasteiger partial charge in [0.15, 0.2) is 0 Å². The lowest BCUT2D eigenvalue weighted by molar-refractivity contribution is -0.104. The lowest BCUT2D eigenvalue weighted by atomic mass is 10.2. The van der Waals surface area contributed by atoms with Gasteiger partial charge in [-0.1, -0.05) is 31.6 Å². The van der Waals surface area contributed by atoms with E-state index in [-0.39, 0.29) is 0 Å². The molecule has 0 bridgehead atoms. The van der Waals surface area contributed by atoms with Crippen molar-refractivity contribution in [2.45, 2.75) is 39.5 Å². The molecule has 0 aromatic carbocycles. The smallest absolute Gasteiger partial charge is 0.145 e. The Hall–Kier alpha value is -0.850. The molecule has 0 radical (unpaired) electrons. The van der Waals surface area contributed by atoms with Gasteiger partial charge in [0, 0.05) is 0 Å². The predicted octanol–water partition coefficient (Wildman–Crippen LogP) is 3.27. The van der Waals surface area contributed by atoms with Crippen LogP contribution in [0.5, 0.6) is 0 Å². The molecule has 0 saturated carbocycles. The van der Waals surface area contributed by atoms with Crippen molar-refractivity contribution in [3.05, 3.63) is 23.8 Å². The fraction of sp³-hybridized carbons (Fsp3) is 0.545. The molecule has 0 unspecified atom stereocenters. The number of hydrogen-bond acceptors (Lipinski definition) is 1. The number of unbranched alkanes of at least 4 members (excludes halogenated alkanes) is 2. The molecule has 0 aromatic rings. The fourth-order valence-corrected chi connectivity index (χ4v) is 0.858. The molecule has 1 heteroatoms. The van der Waals surface area contributed by atoms with Gasteiger partial charge in [-0.05, 0) is 31.8 Å². The Kier molecular flexibility index (Phi) is 7.66. The summed E-state index contributed by atoms with van der Waals surface area (Å²) in [5, 5.41) is 0. The molecule has 0 heterocycles. The normalized spacial score (nSPS) is 12.3. The first-order valence-electron chi connectivity index (χ1n) is 4.58. The van der Waals surface area contributed by atoms with E-state index in [1.165, 1.54) is 6.42 Å². The Balaban J connectivity index is 3.37. The Bertz CT molecular complexity index is 166. The van der Waals surface area contributed by atoms with E-state index in [4.69, 9.17) is 0 Å². The van der Waals surface area contributed by atoms with Gasteiger partial charge >= 0.3 is 0 Å². The lowest BCUT2D eigenvalue weighted by Gasteiger charge is -1.88. The zero-order valence-corrected chi connectivity index (χ0v) is 8.05. The molecule has 0 aliphatic rings. The highest BCUT2D eigenvalue weighted by atomic mass is 16.1. The molecule has 0 saturated heterocycles. The van der Waals surface area contributed by atoms with Crippen molar-refractivity contribution in [1.29, 1.82) is 0 Å². The molecule has 1 nitrogen and oxygen atoms in total. The quantitative estimate of drug-likeness (QED) is 0.256. The number of aldehydes is 1. The average molecular weight is 166 g/mol. The highest BCUT2D eigenvalue weighted by molar-refractivity contribution is 5.71. The third kappa shape index (κ3) is 7.26. The van der Waals surface area contributed by atoms with Gasteiger partial charge in [0.25, 0.3) is 0 Å². The highest BCUT2D eigenvalue weighted by Crippen LogP contribution is 1.98. The Morgan fingerprint density at radius 1 is 1.17 bits per heavy atom. The summed E-state index contributed by atoms with van der Waals surface area (Å²) < 4.78 is 0. The number of carbonyl (C=O) groups excluding carboxylic acids is 1. The van der Waals surface area contributed by atoms with Gasteiger partial charge in [-0.25, -0.2) is 0 Å². The molecule has 0 aliphatic carbocycles. The van der Waals surface area contributed by atoms with Crippen molar-refractivity contribution >= 4 is 6.29 Å². The van der Waals surface area contributed by atoms with Gasteiger partial charge in [0.05, 0.1) is 0 Å². The molecule has 0 rings (SSSR count). The van der Waals surface area contributed by atoms with Crippen LogP contribution in [0.2, 0.25) is 0 Å². The SMILES string of the molecule is CCCC=CCCC=C(C)C=O. The summed E-state index contributed by atoms with van der Waals surface area (Å²) in [4.78, 5) is 10.2. The molecule has 12 heavy (non-hydrogen) atoms. The fourth-order valence-electron chi connectivity index (χ4n) is 0.858. The van der Waals surface area contributed by atoms with Gasteiger partial charge in [-0.2, -0.15) is 0 Å². The summed E-state index contributed by atoms with van der Waals surface area (Å²) in [6.45, 7) is 4.00. The number of allylic oxidation sites excluding steroid dienone is 4. The molecule has 68 valence electrons. The molecule has 0 aliphatic heterocycles. The maximum atomic E-state index is 10.2. The van der Waals surface area contributed by atoms with Crippen molar-refractivity contribution in [1.82, 2.24) is 0 Å². The minimum atomic E-state index is 0.832. The summed E-state index contributed by atoms with van der Waals surface area (Å²) in [7, 11) is 0. The first kappa shape index (κ1) is 11.2. The number of carbonyl (C=O) groups is 1. The Morgan fingerprint density at radius 2 is 1.83 bits per heavy atom. The maximum Gasteiger partial charge on any atom is 0.145 e. The lowest BCUT2D eigenvalue weighted by Crippen LogP contribution is -1.75. The molecule has 0 fully saturated rings. The molecular formula is C11H18O. The molecular weight excluding hydrogens is 148 g/mol. The second-order valence-corrected chi connectivity index (χ2v) is 2.90. The Labute approximate surface area is 75.2 Å².